The van der Waals surface area contributed by atoms with E-state index in [1.54, 1.807) is 19.9 Å². The van der Waals surface area contributed by atoms with Gasteiger partial charge in [0, 0.05) is 6.07 Å². The molecule has 0 atom stereocenters. The number of sulfonamides is 1. The Labute approximate surface area is 163 Å². The molecule has 0 saturated carbocycles. The molecule has 0 aromatic heterocycles. The molecule has 2 aromatic rings. The zero-order chi connectivity index (χ0) is 20.9. The fraction of sp³-hybridized carbons (Fsp3) is 0.278. The first kappa shape index (κ1) is 21.3. The third kappa shape index (κ3) is 4.84. The van der Waals surface area contributed by atoms with Gasteiger partial charge in [0.05, 0.1) is 30.5 Å². The molecule has 28 heavy (non-hydrogen) atoms. The SMILES string of the molecule is COC(=O)COc1cc(C)c(S(=O)(=O)Nc2ccc(OC)cc2NO)c(C)c1. The second-order valence-corrected chi connectivity index (χ2v) is 7.50. The summed E-state index contributed by atoms with van der Waals surface area (Å²) in [5, 5.41) is 9.28. The van der Waals surface area contributed by atoms with Crippen molar-refractivity contribution < 1.29 is 32.6 Å². The molecule has 0 saturated heterocycles. The highest BCUT2D eigenvalue weighted by Crippen LogP contribution is 2.31. The number of anilines is 2. The Morgan fingerprint density at radius 3 is 2.21 bits per heavy atom. The highest BCUT2D eigenvalue weighted by atomic mass is 32.2. The van der Waals surface area contributed by atoms with Crippen LogP contribution < -0.4 is 19.7 Å². The third-order valence-corrected chi connectivity index (χ3v) is 5.55. The lowest BCUT2D eigenvalue weighted by molar-refractivity contribution is -0.142. The maximum absolute atomic E-state index is 12.9. The fourth-order valence-electron chi connectivity index (χ4n) is 2.65. The smallest absolute Gasteiger partial charge is 0.343 e. The van der Waals surface area contributed by atoms with Gasteiger partial charge in [-0.3, -0.25) is 15.4 Å². The summed E-state index contributed by atoms with van der Waals surface area (Å²) in [5.41, 5.74) is 3.09. The van der Waals surface area contributed by atoms with Crippen molar-refractivity contribution in [1.29, 1.82) is 0 Å². The Kier molecular flexibility index (Phi) is 6.71. The number of benzene rings is 2. The van der Waals surface area contributed by atoms with Crippen LogP contribution in [0.5, 0.6) is 11.5 Å². The standard InChI is InChI=1S/C18H22N2O7S/c1-11-7-14(27-10-17(21)26-4)8-12(2)18(11)28(23,24)20-15-6-5-13(25-3)9-16(15)19-22/h5-9,19-20,22H,10H2,1-4H3. The summed E-state index contributed by atoms with van der Waals surface area (Å²) >= 11 is 0. The number of carbonyl (C=O) groups excluding carboxylic acids is 1. The average Bonchev–Trinajstić information content (AvgIpc) is 2.65. The molecule has 0 amide bonds. The number of rotatable bonds is 8. The molecule has 2 aromatic carbocycles. The van der Waals surface area contributed by atoms with Crippen molar-refractivity contribution >= 4 is 27.4 Å². The van der Waals surface area contributed by atoms with Crippen molar-refractivity contribution in [3.8, 4) is 11.5 Å². The maximum Gasteiger partial charge on any atom is 0.343 e. The lowest BCUT2D eigenvalue weighted by atomic mass is 10.1. The zero-order valence-corrected chi connectivity index (χ0v) is 16.7. The number of ether oxygens (including phenoxy) is 3. The van der Waals surface area contributed by atoms with Crippen molar-refractivity contribution in [3.05, 3.63) is 41.5 Å². The average molecular weight is 410 g/mol. The lowest BCUT2D eigenvalue weighted by Crippen LogP contribution is -2.17. The van der Waals surface area contributed by atoms with Crippen LogP contribution in [0.1, 0.15) is 11.1 Å². The molecular formula is C18H22N2O7S. The summed E-state index contributed by atoms with van der Waals surface area (Å²) in [5.74, 6) is 0.248. The van der Waals surface area contributed by atoms with Crippen LogP contribution in [-0.4, -0.2) is 40.4 Å². The van der Waals surface area contributed by atoms with Crippen LogP contribution in [0.25, 0.3) is 0 Å². The number of nitrogens with one attached hydrogen (secondary N) is 2. The van der Waals surface area contributed by atoms with Crippen LogP contribution in [0.4, 0.5) is 11.4 Å². The molecule has 0 unspecified atom stereocenters. The molecule has 10 heteroatoms. The zero-order valence-electron chi connectivity index (χ0n) is 15.9. The van der Waals surface area contributed by atoms with Crippen LogP contribution in [0.15, 0.2) is 35.2 Å². The number of hydrogen-bond donors (Lipinski definition) is 3. The minimum Gasteiger partial charge on any atom is -0.497 e. The molecule has 2 rings (SSSR count). The van der Waals surface area contributed by atoms with Crippen LogP contribution in [0.2, 0.25) is 0 Å². The van der Waals surface area contributed by atoms with Gasteiger partial charge in [-0.05, 0) is 49.2 Å². The Morgan fingerprint density at radius 2 is 1.68 bits per heavy atom. The van der Waals surface area contributed by atoms with Gasteiger partial charge in [0.2, 0.25) is 0 Å². The summed E-state index contributed by atoms with van der Waals surface area (Å²) < 4.78 is 43.2. The molecule has 152 valence electrons. The van der Waals surface area contributed by atoms with Gasteiger partial charge in [-0.25, -0.2) is 13.2 Å². The lowest BCUT2D eigenvalue weighted by Gasteiger charge is -2.17. The largest absolute Gasteiger partial charge is 0.497 e. The van der Waals surface area contributed by atoms with Crippen molar-refractivity contribution in [2.45, 2.75) is 18.7 Å². The Hall–Kier alpha value is -2.98. The fourth-order valence-corrected chi connectivity index (χ4v) is 4.18. The van der Waals surface area contributed by atoms with Crippen molar-refractivity contribution in [1.82, 2.24) is 0 Å². The van der Waals surface area contributed by atoms with Gasteiger partial charge in [0.25, 0.3) is 10.0 Å². The molecule has 0 fully saturated rings. The van der Waals surface area contributed by atoms with Gasteiger partial charge >= 0.3 is 5.97 Å². The van der Waals surface area contributed by atoms with E-state index in [2.05, 4.69) is 9.46 Å². The molecule has 0 heterocycles. The first-order valence-electron chi connectivity index (χ1n) is 8.13. The van der Waals surface area contributed by atoms with Crippen molar-refractivity contribution in [2.75, 3.05) is 31.0 Å². The summed E-state index contributed by atoms with van der Waals surface area (Å²) in [6.07, 6.45) is 0. The summed E-state index contributed by atoms with van der Waals surface area (Å²) in [7, 11) is -1.27. The summed E-state index contributed by atoms with van der Waals surface area (Å²) in [6.45, 7) is 2.95. The molecule has 0 aliphatic heterocycles. The maximum atomic E-state index is 12.9. The highest BCUT2D eigenvalue weighted by Gasteiger charge is 2.22. The van der Waals surface area contributed by atoms with Gasteiger partial charge < -0.3 is 14.2 Å². The minimum atomic E-state index is -3.97. The number of aryl methyl sites for hydroxylation is 2. The quantitative estimate of drug-likeness (QED) is 0.448. The van der Waals surface area contributed by atoms with E-state index >= 15 is 0 Å². The predicted octanol–water partition coefficient (Wildman–Crippen LogP) is 2.47. The molecule has 0 radical (unpaired) electrons. The topological polar surface area (TPSA) is 123 Å². The van der Waals surface area contributed by atoms with E-state index in [0.29, 0.717) is 22.6 Å². The van der Waals surface area contributed by atoms with E-state index in [9.17, 15) is 18.4 Å². The first-order valence-corrected chi connectivity index (χ1v) is 9.62. The van der Waals surface area contributed by atoms with Gasteiger partial charge in [-0.15, -0.1) is 0 Å². The van der Waals surface area contributed by atoms with Gasteiger partial charge in [0.1, 0.15) is 11.5 Å². The molecule has 9 nitrogen and oxygen atoms in total. The highest BCUT2D eigenvalue weighted by molar-refractivity contribution is 7.92. The van der Waals surface area contributed by atoms with Gasteiger partial charge in [-0.1, -0.05) is 0 Å². The number of methoxy groups -OCH3 is 2. The number of esters is 1. The summed E-state index contributed by atoms with van der Waals surface area (Å²) in [4.78, 5) is 11.3. The van der Waals surface area contributed by atoms with E-state index in [0.717, 1.165) is 0 Å². The Balaban J connectivity index is 2.34. The van der Waals surface area contributed by atoms with E-state index in [4.69, 9.17) is 9.47 Å². The second-order valence-electron chi connectivity index (χ2n) is 5.88. The molecule has 0 spiro atoms. The summed E-state index contributed by atoms with van der Waals surface area (Å²) in [6, 6.07) is 7.50. The molecule has 0 aliphatic carbocycles. The van der Waals surface area contributed by atoms with Crippen LogP contribution >= 0.6 is 0 Å². The molecular weight excluding hydrogens is 388 g/mol. The molecule has 0 aliphatic rings. The van der Waals surface area contributed by atoms with E-state index < -0.39 is 16.0 Å². The Bertz CT molecular complexity index is 951. The van der Waals surface area contributed by atoms with E-state index in [1.165, 1.54) is 38.5 Å². The molecule has 3 N–H and O–H groups in total. The van der Waals surface area contributed by atoms with Crippen LogP contribution in [-0.2, 0) is 19.6 Å². The van der Waals surface area contributed by atoms with Crippen molar-refractivity contribution in [2.24, 2.45) is 0 Å². The normalized spacial score (nSPS) is 10.9. The first-order chi connectivity index (χ1) is 13.2. The third-order valence-electron chi connectivity index (χ3n) is 3.88. The van der Waals surface area contributed by atoms with Gasteiger partial charge in [-0.2, -0.15) is 0 Å². The monoisotopic (exact) mass is 410 g/mol. The number of carbonyl (C=O) groups is 1. The van der Waals surface area contributed by atoms with E-state index in [-0.39, 0.29) is 22.9 Å². The van der Waals surface area contributed by atoms with Gasteiger partial charge in [0.15, 0.2) is 6.61 Å². The second kappa shape index (κ2) is 8.81. The van der Waals surface area contributed by atoms with E-state index in [1.807, 2.05) is 5.48 Å². The minimum absolute atomic E-state index is 0.0672. The van der Waals surface area contributed by atoms with Crippen LogP contribution in [0, 0.1) is 13.8 Å². The Morgan fingerprint density at radius 1 is 1.04 bits per heavy atom. The van der Waals surface area contributed by atoms with Crippen molar-refractivity contribution in [3.63, 3.8) is 0 Å². The predicted molar refractivity (Wildman–Crippen MR) is 103 cm³/mol. The van der Waals surface area contributed by atoms with Crippen LogP contribution in [0.3, 0.4) is 0 Å². The number of hydrogen-bond acceptors (Lipinski definition) is 8. The molecule has 0 bridgehead atoms.